The van der Waals surface area contributed by atoms with Gasteiger partial charge in [-0.3, -0.25) is 9.59 Å². The van der Waals surface area contributed by atoms with Crippen LogP contribution in [0, 0.1) is 0 Å². The molecular formula is C25H21Cl2NO5. The van der Waals surface area contributed by atoms with Crippen LogP contribution < -0.4 is 0 Å². The molecule has 0 aromatic heterocycles. The van der Waals surface area contributed by atoms with Crippen molar-refractivity contribution in [1.29, 1.82) is 0 Å². The second-order valence-corrected chi connectivity index (χ2v) is 8.68. The molecule has 1 heterocycles. The number of aliphatic carboxylic acids is 1. The maximum atomic E-state index is 13.7. The maximum absolute atomic E-state index is 13.7. The van der Waals surface area contributed by atoms with E-state index in [-0.39, 0.29) is 10.6 Å². The first kappa shape index (κ1) is 23.3. The van der Waals surface area contributed by atoms with Gasteiger partial charge in [-0.1, -0.05) is 77.8 Å². The second kappa shape index (κ2) is 9.53. The van der Waals surface area contributed by atoms with Crippen LogP contribution in [0.2, 0.25) is 10.0 Å². The van der Waals surface area contributed by atoms with Gasteiger partial charge in [0.15, 0.2) is 0 Å². The number of carboxylic acids is 1. The molecule has 1 aliphatic heterocycles. The lowest BCUT2D eigenvalue weighted by molar-refractivity contribution is -0.141. The third-order valence-electron chi connectivity index (χ3n) is 5.97. The van der Waals surface area contributed by atoms with Gasteiger partial charge in [-0.05, 0) is 34.9 Å². The Kier molecular flexibility index (Phi) is 6.72. The topological polar surface area (TPSA) is 98.1 Å². The van der Waals surface area contributed by atoms with E-state index in [4.69, 9.17) is 23.2 Å². The predicted molar refractivity (Wildman–Crippen MR) is 124 cm³/mol. The van der Waals surface area contributed by atoms with E-state index >= 15 is 0 Å². The Balaban J connectivity index is 1.95. The Hall–Kier alpha value is -2.90. The monoisotopic (exact) mass is 485 g/mol. The molecule has 1 amide bonds. The van der Waals surface area contributed by atoms with Crippen molar-refractivity contribution in [2.45, 2.75) is 24.1 Å². The van der Waals surface area contributed by atoms with E-state index in [0.717, 1.165) is 0 Å². The molecule has 0 saturated carbocycles. The fourth-order valence-electron chi connectivity index (χ4n) is 4.47. The summed E-state index contributed by atoms with van der Waals surface area (Å²) in [6.45, 7) is -0.599. The normalized spacial score (nSPS) is 19.6. The summed E-state index contributed by atoms with van der Waals surface area (Å²) in [7, 11) is 0. The summed E-state index contributed by atoms with van der Waals surface area (Å²) in [5.74, 6) is -2.86. The number of amides is 1. The first-order chi connectivity index (χ1) is 15.8. The number of carbonyl (C=O) groups excluding carboxylic acids is 1. The van der Waals surface area contributed by atoms with Crippen molar-refractivity contribution in [3.8, 4) is 0 Å². The molecule has 0 bridgehead atoms. The van der Waals surface area contributed by atoms with Gasteiger partial charge in [0.05, 0.1) is 18.7 Å². The molecule has 0 saturated heterocycles. The van der Waals surface area contributed by atoms with Crippen molar-refractivity contribution in [3.63, 3.8) is 0 Å². The first-order valence-electron chi connectivity index (χ1n) is 10.3. The van der Waals surface area contributed by atoms with Gasteiger partial charge in [-0.2, -0.15) is 0 Å². The molecule has 3 N–H and O–H groups in total. The Bertz CT molecular complexity index is 1190. The third kappa shape index (κ3) is 4.23. The Labute approximate surface area is 200 Å². The van der Waals surface area contributed by atoms with E-state index in [1.807, 2.05) is 0 Å². The largest absolute Gasteiger partial charge is 0.481 e. The smallest absolute Gasteiger partial charge is 0.313 e. The van der Waals surface area contributed by atoms with Crippen molar-refractivity contribution >= 4 is 35.1 Å². The van der Waals surface area contributed by atoms with Gasteiger partial charge < -0.3 is 20.2 Å². The van der Waals surface area contributed by atoms with Crippen LogP contribution in [0.3, 0.4) is 0 Å². The van der Waals surface area contributed by atoms with Gasteiger partial charge in [0.1, 0.15) is 12.0 Å². The minimum Gasteiger partial charge on any atom is -0.481 e. The highest BCUT2D eigenvalue weighted by Gasteiger charge is 2.48. The fraction of sp³-hybridized carbons (Fsp3) is 0.200. The number of hydrogen-bond donors (Lipinski definition) is 3. The van der Waals surface area contributed by atoms with E-state index in [1.165, 1.54) is 11.0 Å². The summed E-state index contributed by atoms with van der Waals surface area (Å²) in [4.78, 5) is 27.5. The van der Waals surface area contributed by atoms with E-state index in [1.54, 1.807) is 66.7 Å². The van der Waals surface area contributed by atoms with Gasteiger partial charge in [-0.25, -0.2) is 0 Å². The molecule has 3 unspecified atom stereocenters. The highest BCUT2D eigenvalue weighted by atomic mass is 35.5. The Morgan fingerprint density at radius 2 is 1.64 bits per heavy atom. The first-order valence-corrected chi connectivity index (χ1v) is 11.0. The van der Waals surface area contributed by atoms with Gasteiger partial charge in [0.25, 0.3) is 5.91 Å². The molecular weight excluding hydrogens is 465 g/mol. The Morgan fingerprint density at radius 3 is 2.27 bits per heavy atom. The molecule has 4 atom stereocenters. The lowest BCUT2D eigenvalue weighted by Gasteiger charge is -2.46. The number of carboxylic acid groups (broad SMARTS) is 1. The fourth-order valence-corrected chi connectivity index (χ4v) is 4.99. The Morgan fingerprint density at radius 1 is 0.970 bits per heavy atom. The molecule has 6 nitrogen and oxygen atoms in total. The molecule has 0 fully saturated rings. The molecule has 33 heavy (non-hydrogen) atoms. The SMILES string of the molecule is O=C(O)C1c2ccccc2C(=O)N(C(CO)[C@@H](O)c2ccccc2)C1c1ccc(Cl)cc1Cl. The average molecular weight is 486 g/mol. The molecule has 1 aliphatic rings. The van der Waals surface area contributed by atoms with Crippen molar-refractivity contribution in [3.05, 3.63) is 105 Å². The molecule has 4 rings (SSSR count). The van der Waals surface area contributed by atoms with Crippen LogP contribution >= 0.6 is 23.2 Å². The van der Waals surface area contributed by atoms with Crippen molar-refractivity contribution < 1.29 is 24.9 Å². The van der Waals surface area contributed by atoms with Crippen molar-refractivity contribution in [2.24, 2.45) is 0 Å². The van der Waals surface area contributed by atoms with Gasteiger partial charge in [0.2, 0.25) is 0 Å². The van der Waals surface area contributed by atoms with Crippen molar-refractivity contribution in [1.82, 2.24) is 4.90 Å². The van der Waals surface area contributed by atoms with E-state index < -0.39 is 42.6 Å². The molecule has 8 heteroatoms. The summed E-state index contributed by atoms with van der Waals surface area (Å²) in [5.41, 5.74) is 1.38. The number of hydrogen-bond acceptors (Lipinski definition) is 4. The highest BCUT2D eigenvalue weighted by Crippen LogP contribution is 2.47. The van der Waals surface area contributed by atoms with Crippen LogP contribution in [0.5, 0.6) is 0 Å². The molecule has 3 aromatic carbocycles. The van der Waals surface area contributed by atoms with Crippen LogP contribution in [0.15, 0.2) is 72.8 Å². The average Bonchev–Trinajstić information content (AvgIpc) is 2.81. The molecule has 170 valence electrons. The van der Waals surface area contributed by atoms with Crippen LogP contribution in [-0.4, -0.2) is 44.7 Å². The number of benzene rings is 3. The van der Waals surface area contributed by atoms with Crippen molar-refractivity contribution in [2.75, 3.05) is 6.61 Å². The maximum Gasteiger partial charge on any atom is 0.313 e. The van der Waals surface area contributed by atoms with Crippen LogP contribution in [0.25, 0.3) is 0 Å². The lowest BCUT2D eigenvalue weighted by Crippen LogP contribution is -2.53. The standard InChI is InChI=1S/C25H21Cl2NO5/c26-15-10-11-18(19(27)12-15)22-21(25(32)33)16-8-4-5-9-17(16)24(31)28(22)20(13-29)23(30)14-6-2-1-3-7-14/h1-12,20-23,29-30H,13H2,(H,32,33)/t20?,21?,22?,23-/m0/s1. The van der Waals surface area contributed by atoms with Gasteiger partial charge >= 0.3 is 5.97 Å². The van der Waals surface area contributed by atoms with Gasteiger partial charge in [-0.15, -0.1) is 0 Å². The minimum absolute atomic E-state index is 0.182. The number of carbonyl (C=O) groups is 2. The van der Waals surface area contributed by atoms with Crippen LogP contribution in [0.1, 0.15) is 45.1 Å². The zero-order valence-corrected chi connectivity index (χ0v) is 18.8. The minimum atomic E-state index is -1.27. The van der Waals surface area contributed by atoms with E-state index in [2.05, 4.69) is 0 Å². The second-order valence-electron chi connectivity index (χ2n) is 7.83. The number of fused-ring (bicyclic) bond motifs is 1. The third-order valence-corrected chi connectivity index (χ3v) is 6.54. The zero-order valence-electron chi connectivity index (χ0n) is 17.3. The highest BCUT2D eigenvalue weighted by molar-refractivity contribution is 6.35. The van der Waals surface area contributed by atoms with Crippen LogP contribution in [-0.2, 0) is 4.79 Å². The lowest BCUT2D eigenvalue weighted by atomic mass is 9.78. The molecule has 3 aromatic rings. The molecule has 0 spiro atoms. The zero-order chi connectivity index (χ0) is 23.7. The predicted octanol–water partition coefficient (Wildman–Crippen LogP) is 4.45. The van der Waals surface area contributed by atoms with E-state index in [9.17, 15) is 24.9 Å². The number of halogens is 2. The number of aliphatic hydroxyl groups is 2. The van der Waals surface area contributed by atoms with E-state index in [0.29, 0.717) is 21.7 Å². The quantitative estimate of drug-likeness (QED) is 0.478. The number of nitrogens with zero attached hydrogens (tertiary/aromatic N) is 1. The van der Waals surface area contributed by atoms with Gasteiger partial charge in [0, 0.05) is 15.6 Å². The summed E-state index contributed by atoms with van der Waals surface area (Å²) >= 11 is 12.5. The summed E-state index contributed by atoms with van der Waals surface area (Å²) in [6.07, 6.45) is -1.27. The summed E-state index contributed by atoms with van der Waals surface area (Å²) in [6, 6.07) is 17.4. The number of aliphatic hydroxyl groups excluding tert-OH is 2. The number of rotatable bonds is 6. The summed E-state index contributed by atoms with van der Waals surface area (Å²) < 4.78 is 0. The molecule has 0 aliphatic carbocycles. The molecule has 0 radical (unpaired) electrons. The van der Waals surface area contributed by atoms with Crippen LogP contribution in [0.4, 0.5) is 0 Å². The summed E-state index contributed by atoms with van der Waals surface area (Å²) in [5, 5.41) is 32.3.